The van der Waals surface area contributed by atoms with Crippen molar-refractivity contribution < 1.29 is 9.13 Å². The van der Waals surface area contributed by atoms with Crippen LogP contribution in [0.25, 0.3) is 22.5 Å². The molecule has 0 unspecified atom stereocenters. The van der Waals surface area contributed by atoms with E-state index in [1.165, 1.54) is 17.3 Å². The second-order valence-electron chi connectivity index (χ2n) is 10.2. The summed E-state index contributed by atoms with van der Waals surface area (Å²) in [7, 11) is 1.95. The van der Waals surface area contributed by atoms with E-state index >= 15 is 0 Å². The van der Waals surface area contributed by atoms with Crippen LogP contribution in [0, 0.1) is 5.82 Å². The van der Waals surface area contributed by atoms with Crippen LogP contribution < -0.4 is 10.5 Å². The van der Waals surface area contributed by atoms with Crippen molar-refractivity contribution in [1.29, 1.82) is 0 Å². The first-order valence-electron chi connectivity index (χ1n) is 12.3. The van der Waals surface area contributed by atoms with Gasteiger partial charge in [-0.15, -0.1) is 0 Å². The highest BCUT2D eigenvalue weighted by molar-refractivity contribution is 5.75. The van der Waals surface area contributed by atoms with Gasteiger partial charge in [-0.1, -0.05) is 0 Å². The minimum absolute atomic E-state index is 0.127. The molecule has 2 aliphatic carbocycles. The average molecular weight is 471 g/mol. The lowest BCUT2D eigenvalue weighted by Gasteiger charge is -2.22. The summed E-state index contributed by atoms with van der Waals surface area (Å²) in [4.78, 5) is 4.49. The van der Waals surface area contributed by atoms with Crippen LogP contribution in [-0.4, -0.2) is 24.5 Å². The highest BCUT2D eigenvalue weighted by Crippen LogP contribution is 2.64. The van der Waals surface area contributed by atoms with E-state index in [1.54, 1.807) is 6.07 Å². The number of nitrogens with zero attached hydrogens (tertiary/aromatic N) is 5. The number of ether oxygens (including phenoxy) is 1. The summed E-state index contributed by atoms with van der Waals surface area (Å²) in [5.41, 5.74) is 14.5. The Labute approximate surface area is 202 Å². The van der Waals surface area contributed by atoms with Gasteiger partial charge in [-0.3, -0.25) is 9.36 Å². The second-order valence-corrected chi connectivity index (χ2v) is 10.2. The van der Waals surface area contributed by atoms with Crippen LogP contribution in [0.1, 0.15) is 67.5 Å². The number of benzene rings is 1. The molecule has 7 rings (SSSR count). The quantitative estimate of drug-likeness (QED) is 0.418. The molecule has 0 saturated heterocycles. The van der Waals surface area contributed by atoms with Gasteiger partial charge in [-0.25, -0.2) is 9.37 Å². The zero-order chi connectivity index (χ0) is 24.1. The molecule has 8 heteroatoms. The van der Waals surface area contributed by atoms with Crippen molar-refractivity contribution in [1.82, 2.24) is 24.5 Å². The number of nitrogens with two attached hydrogens (primary N) is 1. The summed E-state index contributed by atoms with van der Waals surface area (Å²) < 4.78 is 24.8. The van der Waals surface area contributed by atoms with Gasteiger partial charge in [0.05, 0.1) is 17.1 Å². The zero-order valence-electron chi connectivity index (χ0n) is 20.0. The predicted molar refractivity (Wildman–Crippen MR) is 131 cm³/mol. The Morgan fingerprint density at radius 1 is 1.20 bits per heavy atom. The number of aromatic nitrogens is 5. The summed E-state index contributed by atoms with van der Waals surface area (Å²) in [5.74, 6) is 0.625. The van der Waals surface area contributed by atoms with Gasteiger partial charge in [0.2, 0.25) is 0 Å². The fourth-order valence-corrected chi connectivity index (χ4v) is 6.17. The van der Waals surface area contributed by atoms with Gasteiger partial charge in [0.15, 0.2) is 11.6 Å². The molecule has 2 atom stereocenters. The SMILES string of the molecule is CCn1nc2c3c1-c1cnc(N)c(c1)O[C@H](C)c1cc(F)ccc1-c1nn(C)cc1[C@H]3CC21CC1. The number of hydrogen-bond donors (Lipinski definition) is 1. The molecule has 3 aromatic heterocycles. The van der Waals surface area contributed by atoms with Gasteiger partial charge in [-0.2, -0.15) is 10.2 Å². The number of hydrogen-bond acceptors (Lipinski definition) is 5. The number of fused-ring (bicyclic) bond motifs is 8. The van der Waals surface area contributed by atoms with E-state index in [4.69, 9.17) is 20.7 Å². The summed E-state index contributed by atoms with van der Waals surface area (Å²) in [6, 6.07) is 6.82. The van der Waals surface area contributed by atoms with Gasteiger partial charge in [0.25, 0.3) is 0 Å². The Bertz CT molecular complexity index is 1510. The molecule has 1 saturated carbocycles. The number of nitrogen functional groups attached to an aromatic ring is 1. The molecule has 1 spiro atoms. The van der Waals surface area contributed by atoms with Crippen LogP contribution in [0.5, 0.6) is 5.75 Å². The Hall–Kier alpha value is -3.68. The van der Waals surface area contributed by atoms with Crippen molar-refractivity contribution in [2.45, 2.75) is 57.1 Å². The fraction of sp³-hybridized carbons (Fsp3) is 0.370. The molecule has 4 heterocycles. The fourth-order valence-electron chi connectivity index (χ4n) is 6.17. The van der Waals surface area contributed by atoms with Crippen LogP contribution in [0.2, 0.25) is 0 Å². The summed E-state index contributed by atoms with van der Waals surface area (Å²) in [5, 5.41) is 10.0. The van der Waals surface area contributed by atoms with E-state index in [9.17, 15) is 4.39 Å². The molecule has 35 heavy (non-hydrogen) atoms. The number of rotatable bonds is 1. The number of aryl methyl sites for hydroxylation is 2. The molecule has 178 valence electrons. The zero-order valence-corrected chi connectivity index (χ0v) is 20.0. The molecule has 2 bridgehead atoms. The van der Waals surface area contributed by atoms with Gasteiger partial charge < -0.3 is 10.5 Å². The van der Waals surface area contributed by atoms with Crippen LogP contribution >= 0.6 is 0 Å². The third kappa shape index (κ3) is 2.85. The van der Waals surface area contributed by atoms with Crippen molar-refractivity contribution in [3.8, 4) is 28.3 Å². The topological polar surface area (TPSA) is 83.8 Å². The molecule has 2 N–H and O–H groups in total. The Morgan fingerprint density at radius 2 is 2.03 bits per heavy atom. The normalized spacial score (nSPS) is 20.9. The van der Waals surface area contributed by atoms with Crippen LogP contribution in [0.15, 0.2) is 36.7 Å². The monoisotopic (exact) mass is 470 g/mol. The third-order valence-electron chi connectivity index (χ3n) is 7.99. The number of halogens is 1. The Kier molecular flexibility index (Phi) is 4.09. The molecular weight excluding hydrogens is 443 g/mol. The van der Waals surface area contributed by atoms with E-state index < -0.39 is 6.10 Å². The first kappa shape index (κ1) is 20.7. The molecule has 1 fully saturated rings. The molecule has 4 aromatic rings. The molecule has 0 radical (unpaired) electrons. The Morgan fingerprint density at radius 3 is 2.80 bits per heavy atom. The number of pyridine rings is 1. The van der Waals surface area contributed by atoms with Crippen molar-refractivity contribution in [2.75, 3.05) is 5.73 Å². The lowest BCUT2D eigenvalue weighted by molar-refractivity contribution is 0.227. The van der Waals surface area contributed by atoms with Crippen LogP contribution in [-0.2, 0) is 19.0 Å². The smallest absolute Gasteiger partial charge is 0.166 e. The third-order valence-corrected chi connectivity index (χ3v) is 7.99. The van der Waals surface area contributed by atoms with Gasteiger partial charge in [0.1, 0.15) is 11.9 Å². The van der Waals surface area contributed by atoms with Gasteiger partial charge in [-0.05, 0) is 57.4 Å². The lowest BCUT2D eigenvalue weighted by Crippen LogP contribution is -2.12. The summed E-state index contributed by atoms with van der Waals surface area (Å²) in [6.07, 6.45) is 6.79. The van der Waals surface area contributed by atoms with Crippen molar-refractivity contribution in [2.24, 2.45) is 7.05 Å². The minimum Gasteiger partial charge on any atom is -0.482 e. The largest absolute Gasteiger partial charge is 0.482 e. The van der Waals surface area contributed by atoms with E-state index in [0.717, 1.165) is 59.4 Å². The number of anilines is 1. The van der Waals surface area contributed by atoms with Crippen molar-refractivity contribution in [3.05, 3.63) is 64.9 Å². The highest BCUT2D eigenvalue weighted by Gasteiger charge is 2.56. The first-order valence-corrected chi connectivity index (χ1v) is 12.3. The summed E-state index contributed by atoms with van der Waals surface area (Å²) in [6.45, 7) is 4.78. The summed E-state index contributed by atoms with van der Waals surface area (Å²) >= 11 is 0. The molecule has 3 aliphatic rings. The maximum atomic E-state index is 14.5. The molecule has 7 nitrogen and oxygen atoms in total. The maximum Gasteiger partial charge on any atom is 0.166 e. The van der Waals surface area contributed by atoms with E-state index in [2.05, 4.69) is 22.8 Å². The average Bonchev–Trinajstić information content (AvgIpc) is 3.21. The van der Waals surface area contributed by atoms with E-state index in [-0.39, 0.29) is 17.2 Å². The van der Waals surface area contributed by atoms with Gasteiger partial charge >= 0.3 is 0 Å². The lowest BCUT2D eigenvalue weighted by atomic mass is 9.87. The highest BCUT2D eigenvalue weighted by atomic mass is 19.1. The first-order chi connectivity index (χ1) is 16.9. The molecular formula is C27H27FN6O. The van der Waals surface area contributed by atoms with Crippen molar-refractivity contribution in [3.63, 3.8) is 0 Å². The maximum absolute atomic E-state index is 14.5. The van der Waals surface area contributed by atoms with Crippen molar-refractivity contribution >= 4 is 5.82 Å². The van der Waals surface area contributed by atoms with Crippen LogP contribution in [0.4, 0.5) is 10.2 Å². The Balaban J connectivity index is 1.59. The van der Waals surface area contributed by atoms with E-state index in [1.807, 2.05) is 37.0 Å². The molecule has 1 aliphatic heterocycles. The van der Waals surface area contributed by atoms with E-state index in [0.29, 0.717) is 11.6 Å². The van der Waals surface area contributed by atoms with Crippen LogP contribution in [0.3, 0.4) is 0 Å². The van der Waals surface area contributed by atoms with Gasteiger partial charge in [0, 0.05) is 65.1 Å². The second kappa shape index (κ2) is 6.93. The standard InChI is InChI=1S/C27H27FN6O/c1-4-34-24-15-9-21(26(29)30-12-15)35-14(2)18-10-16(28)5-6-17(18)23-20(13-33(3)31-23)19-11-27(7-8-27)25(32-34)22(19)24/h5-6,9-10,12-14,19H,4,7-8,11H2,1-3H3,(H2,29,30)/t14-,19-/m1/s1. The molecule has 1 aromatic carbocycles. The minimum atomic E-state index is -0.459. The predicted octanol–water partition coefficient (Wildman–Crippen LogP) is 5.11. The molecule has 0 amide bonds.